The molecule has 0 fully saturated rings. The highest BCUT2D eigenvalue weighted by Crippen LogP contribution is 2.27. The predicted molar refractivity (Wildman–Crippen MR) is 65.5 cm³/mol. The molecule has 7 heteroatoms. The highest BCUT2D eigenvalue weighted by molar-refractivity contribution is 6.10. The Bertz CT molecular complexity index is 680. The Morgan fingerprint density at radius 3 is 1.32 bits per heavy atom. The molecule has 116 valence electrons. The lowest BCUT2D eigenvalue weighted by Crippen LogP contribution is -2.16. The maximum atomic E-state index is 13.9. The zero-order valence-electron chi connectivity index (χ0n) is 11.3. The van der Waals surface area contributed by atoms with E-state index in [1.165, 1.54) is 0 Å². The first-order chi connectivity index (χ1) is 10.2. The number of rotatable bonds is 2. The van der Waals surface area contributed by atoms with Gasteiger partial charge in [0.1, 0.15) is 11.6 Å². The molecule has 0 bridgehead atoms. The Balaban J connectivity index is 2.80. The van der Waals surface area contributed by atoms with Crippen molar-refractivity contribution in [1.29, 1.82) is 0 Å². The molecule has 2 aromatic carbocycles. The summed E-state index contributed by atoms with van der Waals surface area (Å²) in [5.74, 6) is -11.7. The summed E-state index contributed by atoms with van der Waals surface area (Å²) in [6.45, 7) is 2.08. The van der Waals surface area contributed by atoms with Crippen LogP contribution in [0.4, 0.5) is 26.3 Å². The quantitative estimate of drug-likeness (QED) is 0.456. The summed E-state index contributed by atoms with van der Waals surface area (Å²) >= 11 is 0. The Hall–Kier alpha value is -2.31. The minimum atomic E-state index is -1.89. The van der Waals surface area contributed by atoms with Gasteiger partial charge in [0.05, 0.1) is 11.1 Å². The smallest absolute Gasteiger partial charge is 0.205 e. The van der Waals surface area contributed by atoms with Crippen LogP contribution < -0.4 is 0 Å². The average Bonchev–Trinajstić information content (AvgIpc) is 2.44. The summed E-state index contributed by atoms with van der Waals surface area (Å²) in [5, 5.41) is 0. The summed E-state index contributed by atoms with van der Waals surface area (Å²) in [5.41, 5.74) is -3.81. The molecule has 0 N–H and O–H groups in total. The van der Waals surface area contributed by atoms with E-state index in [-0.39, 0.29) is 0 Å². The van der Waals surface area contributed by atoms with Crippen molar-refractivity contribution in [3.8, 4) is 0 Å². The zero-order chi connectivity index (χ0) is 16.8. The summed E-state index contributed by atoms with van der Waals surface area (Å²) in [7, 11) is 0. The van der Waals surface area contributed by atoms with Gasteiger partial charge in [0, 0.05) is 0 Å². The fourth-order valence-electron chi connectivity index (χ4n) is 1.98. The van der Waals surface area contributed by atoms with E-state index >= 15 is 0 Å². The summed E-state index contributed by atoms with van der Waals surface area (Å²) in [4.78, 5) is 12.0. The van der Waals surface area contributed by atoms with Crippen molar-refractivity contribution < 1.29 is 31.1 Å². The number of carbonyl (C=O) groups excluding carboxylic acids is 1. The van der Waals surface area contributed by atoms with E-state index in [4.69, 9.17) is 0 Å². The van der Waals surface area contributed by atoms with Crippen LogP contribution >= 0.6 is 0 Å². The molecule has 0 amide bonds. The molecular formula is C15H8F6O. The lowest BCUT2D eigenvalue weighted by molar-refractivity contribution is 0.102. The van der Waals surface area contributed by atoms with Gasteiger partial charge in [-0.1, -0.05) is 0 Å². The van der Waals surface area contributed by atoms with Crippen molar-refractivity contribution >= 4 is 5.78 Å². The minimum absolute atomic E-state index is 0.434. The van der Waals surface area contributed by atoms with E-state index in [0.717, 1.165) is 13.8 Å². The number of benzene rings is 2. The van der Waals surface area contributed by atoms with Crippen LogP contribution in [0.25, 0.3) is 0 Å². The fraction of sp³-hybridized carbons (Fsp3) is 0.133. The molecule has 0 saturated heterocycles. The third-order valence-electron chi connectivity index (χ3n) is 3.13. The third kappa shape index (κ3) is 2.36. The van der Waals surface area contributed by atoms with Crippen LogP contribution in [-0.4, -0.2) is 5.78 Å². The average molecular weight is 318 g/mol. The lowest BCUT2D eigenvalue weighted by Gasteiger charge is -2.10. The van der Waals surface area contributed by atoms with Gasteiger partial charge in [-0.15, -0.1) is 0 Å². The second kappa shape index (κ2) is 5.47. The topological polar surface area (TPSA) is 17.1 Å². The molecule has 22 heavy (non-hydrogen) atoms. The van der Waals surface area contributed by atoms with Gasteiger partial charge in [-0.2, -0.15) is 0 Å². The summed E-state index contributed by atoms with van der Waals surface area (Å²) < 4.78 is 81.7. The van der Waals surface area contributed by atoms with Crippen LogP contribution in [0, 0.1) is 48.8 Å². The molecule has 0 unspecified atom stereocenters. The van der Waals surface area contributed by atoms with Gasteiger partial charge >= 0.3 is 0 Å². The summed E-state index contributed by atoms with van der Waals surface area (Å²) in [6.07, 6.45) is 0. The first-order valence-electron chi connectivity index (χ1n) is 5.99. The third-order valence-corrected chi connectivity index (χ3v) is 3.13. The van der Waals surface area contributed by atoms with Gasteiger partial charge in [0.2, 0.25) is 5.78 Å². The van der Waals surface area contributed by atoms with Crippen molar-refractivity contribution in [2.45, 2.75) is 13.8 Å². The molecule has 0 atom stereocenters. The minimum Gasteiger partial charge on any atom is -0.288 e. The molecule has 0 aliphatic carbocycles. The number of halogens is 6. The van der Waals surface area contributed by atoms with Gasteiger partial charge in [-0.25, -0.2) is 26.3 Å². The first kappa shape index (κ1) is 16.1. The van der Waals surface area contributed by atoms with E-state index in [9.17, 15) is 31.1 Å². The van der Waals surface area contributed by atoms with Crippen molar-refractivity contribution in [1.82, 2.24) is 0 Å². The molecule has 0 aliphatic rings. The number of hydrogen-bond acceptors (Lipinski definition) is 1. The number of carbonyl (C=O) groups is 1. The Labute approximate surface area is 121 Å². The highest BCUT2D eigenvalue weighted by Gasteiger charge is 2.30. The molecule has 0 radical (unpaired) electrons. The summed E-state index contributed by atoms with van der Waals surface area (Å²) in [6, 6.07) is 0.982. The molecule has 1 nitrogen and oxygen atoms in total. The standard InChI is InChI=1S/C15H8F6O/c1-5-3-7(16)13(20)9(11(5)18)15(22)10-12(19)6(2)4-8(17)14(10)21/h3-4H,1-2H3. The van der Waals surface area contributed by atoms with E-state index in [0.29, 0.717) is 12.1 Å². The number of hydrogen-bond donors (Lipinski definition) is 0. The largest absolute Gasteiger partial charge is 0.288 e. The Kier molecular flexibility index (Phi) is 4.00. The second-order valence-corrected chi connectivity index (χ2v) is 4.69. The molecule has 2 rings (SSSR count). The number of aryl methyl sites for hydroxylation is 2. The molecule has 0 heterocycles. The van der Waals surface area contributed by atoms with Crippen LogP contribution in [0.1, 0.15) is 27.0 Å². The van der Waals surface area contributed by atoms with Crippen molar-refractivity contribution in [3.63, 3.8) is 0 Å². The van der Waals surface area contributed by atoms with Crippen molar-refractivity contribution in [3.05, 3.63) is 69.3 Å². The van der Waals surface area contributed by atoms with Crippen molar-refractivity contribution in [2.75, 3.05) is 0 Å². The molecular weight excluding hydrogens is 310 g/mol. The maximum Gasteiger partial charge on any atom is 0.205 e. The van der Waals surface area contributed by atoms with Crippen LogP contribution in [0.15, 0.2) is 12.1 Å². The van der Waals surface area contributed by atoms with Gasteiger partial charge in [-0.3, -0.25) is 4.79 Å². The van der Waals surface area contributed by atoms with Crippen molar-refractivity contribution in [2.24, 2.45) is 0 Å². The highest BCUT2D eigenvalue weighted by atomic mass is 19.2. The van der Waals surface area contributed by atoms with Crippen LogP contribution in [0.3, 0.4) is 0 Å². The maximum absolute atomic E-state index is 13.9. The van der Waals surface area contributed by atoms with E-state index < -0.39 is 62.9 Å². The second-order valence-electron chi connectivity index (χ2n) is 4.69. The zero-order valence-corrected chi connectivity index (χ0v) is 11.3. The normalized spacial score (nSPS) is 10.9. The van der Waals surface area contributed by atoms with E-state index in [1.54, 1.807) is 0 Å². The predicted octanol–water partition coefficient (Wildman–Crippen LogP) is 4.37. The molecule has 0 aliphatic heterocycles. The molecule has 0 spiro atoms. The Morgan fingerprint density at radius 1 is 0.682 bits per heavy atom. The van der Waals surface area contributed by atoms with Gasteiger partial charge in [0.25, 0.3) is 0 Å². The van der Waals surface area contributed by atoms with E-state index in [2.05, 4.69) is 0 Å². The molecule has 0 aromatic heterocycles. The van der Waals surface area contributed by atoms with Crippen LogP contribution in [-0.2, 0) is 0 Å². The lowest BCUT2D eigenvalue weighted by atomic mass is 9.97. The molecule has 0 saturated carbocycles. The van der Waals surface area contributed by atoms with Crippen LogP contribution in [0.2, 0.25) is 0 Å². The number of ketones is 1. The fourth-order valence-corrected chi connectivity index (χ4v) is 1.98. The first-order valence-corrected chi connectivity index (χ1v) is 5.99. The van der Waals surface area contributed by atoms with Gasteiger partial charge < -0.3 is 0 Å². The SMILES string of the molecule is Cc1cc(F)c(F)c(C(=O)c2c(F)c(C)cc(F)c2F)c1F. The monoisotopic (exact) mass is 318 g/mol. The molecule has 2 aromatic rings. The van der Waals surface area contributed by atoms with Gasteiger partial charge in [0.15, 0.2) is 23.3 Å². The Morgan fingerprint density at radius 2 is 1.00 bits per heavy atom. The van der Waals surface area contributed by atoms with Gasteiger partial charge in [-0.05, 0) is 37.1 Å². The van der Waals surface area contributed by atoms with Crippen LogP contribution in [0.5, 0.6) is 0 Å². The van der Waals surface area contributed by atoms with E-state index in [1.807, 2.05) is 0 Å².